The quantitative estimate of drug-likeness (QED) is 0.536. The van der Waals surface area contributed by atoms with Gasteiger partial charge in [0.15, 0.2) is 0 Å². The molecule has 2 rings (SSSR count). The van der Waals surface area contributed by atoms with Gasteiger partial charge in [-0.25, -0.2) is 0 Å². The largest absolute Gasteiger partial charge is 0.377 e. The van der Waals surface area contributed by atoms with Crippen molar-refractivity contribution in [1.29, 1.82) is 0 Å². The van der Waals surface area contributed by atoms with E-state index in [2.05, 4.69) is 18.4 Å². The highest BCUT2D eigenvalue weighted by Gasteiger charge is 2.26. The Labute approximate surface area is 119 Å². The highest BCUT2D eigenvalue weighted by atomic mass is 16.5. The number of rotatable bonds is 6. The third-order valence-corrected chi connectivity index (χ3v) is 4.97. The van der Waals surface area contributed by atoms with Crippen LogP contribution in [0.3, 0.4) is 0 Å². The maximum absolute atomic E-state index is 5.64. The molecule has 0 N–H and O–H groups in total. The first-order valence-corrected chi connectivity index (χ1v) is 8.20. The highest BCUT2D eigenvalue weighted by molar-refractivity contribution is 4.79. The first kappa shape index (κ1) is 15.1. The maximum Gasteiger partial charge on any atom is 0.0644 e. The fraction of sp³-hybridized carbons (Fsp3) is 0.882. The first-order chi connectivity index (χ1) is 9.29. The van der Waals surface area contributed by atoms with Gasteiger partial charge in [-0.05, 0) is 43.6 Å². The molecular weight excluding hydrogens is 234 g/mol. The van der Waals surface area contributed by atoms with E-state index in [4.69, 9.17) is 4.74 Å². The Morgan fingerprint density at radius 3 is 2.84 bits per heavy atom. The number of hydrogen-bond acceptors (Lipinski definition) is 2. The fourth-order valence-corrected chi connectivity index (χ4v) is 3.77. The predicted octanol–water partition coefficient (Wildman–Crippen LogP) is 3.73. The molecule has 0 bridgehead atoms. The molecule has 1 saturated heterocycles. The van der Waals surface area contributed by atoms with Crippen LogP contribution in [0.15, 0.2) is 12.7 Å². The van der Waals surface area contributed by atoms with Gasteiger partial charge in [-0.15, -0.1) is 6.58 Å². The Morgan fingerprint density at radius 2 is 2.05 bits per heavy atom. The van der Waals surface area contributed by atoms with E-state index in [0.29, 0.717) is 6.61 Å². The van der Waals surface area contributed by atoms with E-state index in [9.17, 15) is 0 Å². The van der Waals surface area contributed by atoms with Crippen LogP contribution in [0.2, 0.25) is 0 Å². The van der Waals surface area contributed by atoms with Crippen LogP contribution >= 0.6 is 0 Å². The second kappa shape index (κ2) is 8.06. The summed E-state index contributed by atoms with van der Waals surface area (Å²) in [6.45, 7) is 11.7. The van der Waals surface area contributed by atoms with Crippen LogP contribution in [0, 0.1) is 17.8 Å². The zero-order chi connectivity index (χ0) is 13.5. The minimum absolute atomic E-state index is 0.705. The van der Waals surface area contributed by atoms with Crippen LogP contribution in [0.25, 0.3) is 0 Å². The second-order valence-corrected chi connectivity index (χ2v) is 6.62. The van der Waals surface area contributed by atoms with Gasteiger partial charge < -0.3 is 9.64 Å². The molecule has 0 amide bonds. The highest BCUT2D eigenvalue weighted by Crippen LogP contribution is 2.31. The summed E-state index contributed by atoms with van der Waals surface area (Å²) in [6.07, 6.45) is 10.4. The van der Waals surface area contributed by atoms with Crippen LogP contribution in [-0.4, -0.2) is 37.7 Å². The van der Waals surface area contributed by atoms with E-state index in [-0.39, 0.29) is 0 Å². The van der Waals surface area contributed by atoms with Crippen LogP contribution in [0.5, 0.6) is 0 Å². The van der Waals surface area contributed by atoms with Gasteiger partial charge in [-0.2, -0.15) is 0 Å². The number of hydrogen-bond donors (Lipinski definition) is 0. The monoisotopic (exact) mass is 265 g/mol. The van der Waals surface area contributed by atoms with E-state index in [1.807, 2.05) is 6.08 Å². The van der Waals surface area contributed by atoms with E-state index >= 15 is 0 Å². The minimum atomic E-state index is 0.705. The van der Waals surface area contributed by atoms with Gasteiger partial charge in [0.1, 0.15) is 0 Å². The molecule has 1 aliphatic heterocycles. The van der Waals surface area contributed by atoms with Gasteiger partial charge >= 0.3 is 0 Å². The number of likely N-dealkylation sites (tertiary alicyclic amines) is 1. The van der Waals surface area contributed by atoms with E-state index < -0.39 is 0 Å². The molecule has 0 aromatic heterocycles. The van der Waals surface area contributed by atoms with Crippen LogP contribution in [0.4, 0.5) is 0 Å². The van der Waals surface area contributed by atoms with Crippen molar-refractivity contribution in [2.45, 2.75) is 45.4 Å². The Hall–Kier alpha value is -0.340. The molecule has 0 aromatic carbocycles. The van der Waals surface area contributed by atoms with Crippen LogP contribution in [-0.2, 0) is 4.74 Å². The van der Waals surface area contributed by atoms with Crippen LogP contribution in [0.1, 0.15) is 45.4 Å². The third kappa shape index (κ3) is 4.92. The number of nitrogens with zero attached hydrogens (tertiary/aromatic N) is 1. The predicted molar refractivity (Wildman–Crippen MR) is 81.3 cm³/mol. The summed E-state index contributed by atoms with van der Waals surface area (Å²) in [7, 11) is 0. The van der Waals surface area contributed by atoms with E-state index in [0.717, 1.165) is 24.4 Å². The maximum atomic E-state index is 5.64. The summed E-state index contributed by atoms with van der Waals surface area (Å²) in [4.78, 5) is 2.71. The molecule has 3 atom stereocenters. The molecule has 19 heavy (non-hydrogen) atoms. The fourth-order valence-electron chi connectivity index (χ4n) is 3.77. The van der Waals surface area contributed by atoms with Crippen molar-refractivity contribution in [2.75, 3.05) is 32.8 Å². The van der Waals surface area contributed by atoms with E-state index in [1.54, 1.807) is 0 Å². The van der Waals surface area contributed by atoms with Crippen molar-refractivity contribution in [3.05, 3.63) is 12.7 Å². The molecule has 2 fully saturated rings. The molecule has 2 aliphatic rings. The Balaban J connectivity index is 1.72. The van der Waals surface area contributed by atoms with Crippen molar-refractivity contribution in [3.63, 3.8) is 0 Å². The molecule has 2 unspecified atom stereocenters. The van der Waals surface area contributed by atoms with Gasteiger partial charge in [-0.3, -0.25) is 0 Å². The molecule has 0 aromatic rings. The second-order valence-electron chi connectivity index (χ2n) is 6.62. The van der Waals surface area contributed by atoms with Gasteiger partial charge in [0.2, 0.25) is 0 Å². The molecule has 0 radical (unpaired) electrons. The Kier molecular flexibility index (Phi) is 6.39. The van der Waals surface area contributed by atoms with Crippen molar-refractivity contribution in [2.24, 2.45) is 17.8 Å². The zero-order valence-corrected chi connectivity index (χ0v) is 12.7. The average molecular weight is 265 g/mol. The van der Waals surface area contributed by atoms with Gasteiger partial charge in [-0.1, -0.05) is 32.3 Å². The SMILES string of the molecule is C=CCOCC1CCCN(C[C@@H]2CCCCC2C)C1. The Bertz CT molecular complexity index is 266. The van der Waals surface area contributed by atoms with Crippen molar-refractivity contribution in [3.8, 4) is 0 Å². The standard InChI is InChI=1S/C17H31NO/c1-3-11-19-14-16-8-6-10-18(12-16)13-17-9-5-4-7-15(17)2/h3,15-17H,1,4-14H2,2H3/t15?,16?,17-/m0/s1. The van der Waals surface area contributed by atoms with Crippen molar-refractivity contribution in [1.82, 2.24) is 4.90 Å². The summed E-state index contributed by atoms with van der Waals surface area (Å²) in [5, 5.41) is 0. The van der Waals surface area contributed by atoms with Crippen molar-refractivity contribution < 1.29 is 4.74 Å². The van der Waals surface area contributed by atoms with Gasteiger partial charge in [0.05, 0.1) is 13.2 Å². The summed E-state index contributed by atoms with van der Waals surface area (Å²) in [6, 6.07) is 0. The van der Waals surface area contributed by atoms with Gasteiger partial charge in [0.25, 0.3) is 0 Å². The van der Waals surface area contributed by atoms with Crippen molar-refractivity contribution >= 4 is 0 Å². The van der Waals surface area contributed by atoms with Gasteiger partial charge in [0, 0.05) is 13.1 Å². The molecule has 1 heterocycles. The summed E-state index contributed by atoms with van der Waals surface area (Å²) >= 11 is 0. The molecule has 1 aliphatic carbocycles. The first-order valence-electron chi connectivity index (χ1n) is 8.20. The normalized spacial score (nSPS) is 33.2. The van der Waals surface area contributed by atoms with E-state index in [1.165, 1.54) is 58.2 Å². The summed E-state index contributed by atoms with van der Waals surface area (Å²) in [5.41, 5.74) is 0. The van der Waals surface area contributed by atoms with Crippen LogP contribution < -0.4 is 0 Å². The molecule has 2 nitrogen and oxygen atoms in total. The lowest BCUT2D eigenvalue weighted by molar-refractivity contribution is 0.0594. The molecular formula is C17H31NO. The zero-order valence-electron chi connectivity index (χ0n) is 12.7. The number of piperidine rings is 1. The summed E-state index contributed by atoms with van der Waals surface area (Å²) < 4.78 is 5.64. The lowest BCUT2D eigenvalue weighted by atomic mass is 9.80. The third-order valence-electron chi connectivity index (χ3n) is 4.97. The lowest BCUT2D eigenvalue weighted by Gasteiger charge is -2.38. The smallest absolute Gasteiger partial charge is 0.0644 e. The lowest BCUT2D eigenvalue weighted by Crippen LogP contribution is -2.41. The minimum Gasteiger partial charge on any atom is -0.377 e. The number of ether oxygens (including phenoxy) is 1. The molecule has 0 spiro atoms. The summed E-state index contributed by atoms with van der Waals surface area (Å²) in [5.74, 6) is 2.63. The average Bonchev–Trinajstić information content (AvgIpc) is 2.42. The topological polar surface area (TPSA) is 12.5 Å². The molecule has 1 saturated carbocycles. The Morgan fingerprint density at radius 1 is 1.21 bits per heavy atom. The molecule has 110 valence electrons. The molecule has 2 heteroatoms.